The zero-order chi connectivity index (χ0) is 14.9. The molecule has 0 N–H and O–H groups in total. The molecule has 0 saturated carbocycles. The minimum atomic E-state index is 0.269. The maximum Gasteiger partial charge on any atom is 0.227 e. The van der Waals surface area contributed by atoms with E-state index in [1.54, 1.807) is 11.3 Å². The molecule has 22 heavy (non-hydrogen) atoms. The fourth-order valence-corrected chi connectivity index (χ4v) is 4.33. The van der Waals surface area contributed by atoms with Crippen molar-refractivity contribution < 1.29 is 4.79 Å². The fraction of sp³-hybridized carbons (Fsp3) is 0.389. The number of amides is 1. The van der Waals surface area contributed by atoms with E-state index in [2.05, 4.69) is 40.1 Å². The first-order chi connectivity index (χ1) is 10.8. The van der Waals surface area contributed by atoms with Crippen LogP contribution in [0, 0.1) is 0 Å². The maximum atomic E-state index is 12.6. The van der Waals surface area contributed by atoms with Gasteiger partial charge in [0.2, 0.25) is 5.91 Å². The normalized spacial score (nSPS) is 21.3. The lowest BCUT2D eigenvalue weighted by atomic mass is 9.91. The van der Waals surface area contributed by atoms with E-state index in [-0.39, 0.29) is 5.91 Å². The Morgan fingerprint density at radius 1 is 1.14 bits per heavy atom. The van der Waals surface area contributed by atoms with E-state index in [4.69, 9.17) is 0 Å². The topological polar surface area (TPSA) is 23.6 Å². The van der Waals surface area contributed by atoms with Gasteiger partial charge in [-0.2, -0.15) is 0 Å². The van der Waals surface area contributed by atoms with E-state index in [0.717, 1.165) is 37.5 Å². The van der Waals surface area contributed by atoms with E-state index < -0.39 is 0 Å². The second kappa shape index (κ2) is 5.86. The van der Waals surface area contributed by atoms with Gasteiger partial charge in [-0.3, -0.25) is 9.69 Å². The zero-order valence-electron chi connectivity index (χ0n) is 12.6. The molecule has 1 unspecified atom stereocenters. The summed E-state index contributed by atoms with van der Waals surface area (Å²) >= 11 is 1.67. The highest BCUT2D eigenvalue weighted by Gasteiger charge is 2.33. The van der Waals surface area contributed by atoms with Crippen molar-refractivity contribution in [3.05, 3.63) is 57.8 Å². The summed E-state index contributed by atoms with van der Waals surface area (Å²) in [5.41, 5.74) is 2.87. The molecule has 114 valence electrons. The van der Waals surface area contributed by atoms with Crippen molar-refractivity contribution in [3.63, 3.8) is 0 Å². The summed E-state index contributed by atoms with van der Waals surface area (Å²) in [6.45, 7) is 3.81. The van der Waals surface area contributed by atoms with Crippen LogP contribution in [0.5, 0.6) is 0 Å². The number of thiophene rings is 1. The molecule has 4 heteroatoms. The number of nitrogens with zero attached hydrogens (tertiary/aromatic N) is 2. The first-order valence-corrected chi connectivity index (χ1v) is 8.81. The summed E-state index contributed by atoms with van der Waals surface area (Å²) in [6.07, 6.45) is 1.68. The van der Waals surface area contributed by atoms with Gasteiger partial charge in [0.15, 0.2) is 0 Å². The van der Waals surface area contributed by atoms with E-state index in [1.165, 1.54) is 11.1 Å². The van der Waals surface area contributed by atoms with Gasteiger partial charge in [0.25, 0.3) is 0 Å². The Morgan fingerprint density at radius 2 is 2.05 bits per heavy atom. The number of fused-ring (bicyclic) bond motifs is 3. The monoisotopic (exact) mass is 312 g/mol. The van der Waals surface area contributed by atoms with Crippen LogP contribution >= 0.6 is 11.3 Å². The Bertz CT molecular complexity index is 667. The lowest BCUT2D eigenvalue weighted by Crippen LogP contribution is -2.52. The van der Waals surface area contributed by atoms with Crippen LogP contribution in [-0.2, 0) is 17.6 Å². The third-order valence-corrected chi connectivity index (χ3v) is 5.71. The molecular formula is C18H20N2OS. The summed E-state index contributed by atoms with van der Waals surface area (Å²) in [6, 6.07) is 13.2. The van der Waals surface area contributed by atoms with Crippen LogP contribution in [0.25, 0.3) is 0 Å². The molecule has 1 aromatic carbocycles. The molecule has 3 nitrogen and oxygen atoms in total. The highest BCUT2D eigenvalue weighted by Crippen LogP contribution is 2.32. The number of benzene rings is 1. The highest BCUT2D eigenvalue weighted by atomic mass is 32.1. The quantitative estimate of drug-likeness (QED) is 0.851. The van der Waals surface area contributed by atoms with Crippen LogP contribution in [0.15, 0.2) is 41.8 Å². The Hall–Kier alpha value is -1.65. The Morgan fingerprint density at radius 3 is 2.91 bits per heavy atom. The first kappa shape index (κ1) is 14.0. The van der Waals surface area contributed by atoms with Crippen molar-refractivity contribution in [2.75, 3.05) is 26.2 Å². The molecule has 2 aromatic rings. The van der Waals surface area contributed by atoms with Gasteiger partial charge in [0.1, 0.15) is 0 Å². The van der Waals surface area contributed by atoms with Crippen molar-refractivity contribution >= 4 is 17.2 Å². The molecule has 1 atom stereocenters. The molecule has 1 amide bonds. The average Bonchev–Trinajstić information content (AvgIpc) is 3.07. The van der Waals surface area contributed by atoms with Gasteiger partial charge in [0.05, 0.1) is 12.5 Å². The van der Waals surface area contributed by atoms with Crippen LogP contribution in [-0.4, -0.2) is 41.9 Å². The molecule has 2 aliphatic rings. The standard InChI is InChI=1S/C18H20N2OS/c21-18(12-15-5-3-11-22-15)20-10-9-19-8-7-14-4-1-2-6-16(14)17(19)13-20/h1-6,11,17H,7-10,12-13H2. The number of hydrogen-bond donors (Lipinski definition) is 0. The predicted octanol–water partition coefficient (Wildman–Crippen LogP) is 2.73. The van der Waals surface area contributed by atoms with E-state index in [0.29, 0.717) is 12.5 Å². The average molecular weight is 312 g/mol. The summed E-state index contributed by atoms with van der Waals surface area (Å²) in [5.74, 6) is 0.269. The van der Waals surface area contributed by atoms with Crippen LogP contribution in [0.1, 0.15) is 22.0 Å². The summed E-state index contributed by atoms with van der Waals surface area (Å²) in [4.78, 5) is 18.3. The molecule has 3 heterocycles. The van der Waals surface area contributed by atoms with Crippen molar-refractivity contribution in [1.29, 1.82) is 0 Å². The Balaban J connectivity index is 1.51. The van der Waals surface area contributed by atoms with Crippen molar-refractivity contribution in [1.82, 2.24) is 9.80 Å². The van der Waals surface area contributed by atoms with Gasteiger partial charge >= 0.3 is 0 Å². The third kappa shape index (κ3) is 2.57. The first-order valence-electron chi connectivity index (χ1n) is 7.93. The number of rotatable bonds is 2. The summed E-state index contributed by atoms with van der Waals surface area (Å²) in [5, 5.41) is 2.04. The Labute approximate surface area is 135 Å². The number of carbonyl (C=O) groups is 1. The largest absolute Gasteiger partial charge is 0.339 e. The van der Waals surface area contributed by atoms with Gasteiger partial charge in [-0.05, 0) is 29.0 Å². The summed E-state index contributed by atoms with van der Waals surface area (Å²) in [7, 11) is 0. The predicted molar refractivity (Wildman–Crippen MR) is 89.1 cm³/mol. The van der Waals surface area contributed by atoms with Gasteiger partial charge < -0.3 is 4.90 Å². The van der Waals surface area contributed by atoms with Crippen LogP contribution in [0.3, 0.4) is 0 Å². The third-order valence-electron chi connectivity index (χ3n) is 4.83. The van der Waals surface area contributed by atoms with Crippen LogP contribution in [0.2, 0.25) is 0 Å². The molecule has 0 aliphatic carbocycles. The SMILES string of the molecule is O=C(Cc1cccs1)N1CCN2CCc3ccccc3C2C1. The molecule has 0 spiro atoms. The fourth-order valence-electron chi connectivity index (χ4n) is 3.63. The second-order valence-corrected chi connectivity index (χ2v) is 7.13. The van der Waals surface area contributed by atoms with Gasteiger partial charge in [-0.15, -0.1) is 11.3 Å². The molecule has 1 aromatic heterocycles. The smallest absolute Gasteiger partial charge is 0.227 e. The molecular weight excluding hydrogens is 292 g/mol. The lowest BCUT2D eigenvalue weighted by Gasteiger charge is -2.45. The minimum absolute atomic E-state index is 0.269. The van der Waals surface area contributed by atoms with E-state index in [1.807, 2.05) is 11.4 Å². The number of hydrogen-bond acceptors (Lipinski definition) is 3. The maximum absolute atomic E-state index is 12.6. The zero-order valence-corrected chi connectivity index (χ0v) is 13.4. The summed E-state index contributed by atoms with van der Waals surface area (Å²) < 4.78 is 0. The number of carbonyl (C=O) groups excluding carboxylic acids is 1. The van der Waals surface area contributed by atoms with Crippen molar-refractivity contribution in [3.8, 4) is 0 Å². The Kier molecular flexibility index (Phi) is 3.72. The molecule has 1 saturated heterocycles. The van der Waals surface area contributed by atoms with Gasteiger partial charge in [-0.1, -0.05) is 30.3 Å². The lowest BCUT2D eigenvalue weighted by molar-refractivity contribution is -0.133. The minimum Gasteiger partial charge on any atom is -0.339 e. The molecule has 0 radical (unpaired) electrons. The number of piperazine rings is 1. The van der Waals surface area contributed by atoms with Crippen LogP contribution < -0.4 is 0 Å². The van der Waals surface area contributed by atoms with Crippen molar-refractivity contribution in [2.24, 2.45) is 0 Å². The second-order valence-electron chi connectivity index (χ2n) is 6.10. The molecule has 1 fully saturated rings. The van der Waals surface area contributed by atoms with E-state index in [9.17, 15) is 4.79 Å². The molecule has 2 aliphatic heterocycles. The van der Waals surface area contributed by atoms with E-state index >= 15 is 0 Å². The molecule has 4 rings (SSSR count). The van der Waals surface area contributed by atoms with Gasteiger partial charge in [0, 0.05) is 31.1 Å². The highest BCUT2D eigenvalue weighted by molar-refractivity contribution is 7.10. The van der Waals surface area contributed by atoms with Gasteiger partial charge in [-0.25, -0.2) is 0 Å². The molecule has 0 bridgehead atoms. The van der Waals surface area contributed by atoms with Crippen molar-refractivity contribution in [2.45, 2.75) is 18.9 Å². The van der Waals surface area contributed by atoms with Crippen LogP contribution in [0.4, 0.5) is 0 Å².